The van der Waals surface area contributed by atoms with Gasteiger partial charge in [-0.1, -0.05) is 19.1 Å². The standard InChI is InChI=1S/C15H23FN2/c1-3-15-11-18(12(2)10-17-15)9-8-13-4-6-14(16)7-5-13/h4-7,12,15,17H,3,8-11H2,1-2H3. The lowest BCUT2D eigenvalue weighted by Crippen LogP contribution is -2.55. The van der Waals surface area contributed by atoms with Crippen molar-refractivity contribution in [2.75, 3.05) is 19.6 Å². The smallest absolute Gasteiger partial charge is 0.123 e. The first kappa shape index (κ1) is 13.5. The van der Waals surface area contributed by atoms with Gasteiger partial charge in [-0.2, -0.15) is 0 Å². The van der Waals surface area contributed by atoms with E-state index in [1.54, 1.807) is 12.1 Å². The van der Waals surface area contributed by atoms with Crippen LogP contribution < -0.4 is 5.32 Å². The molecule has 0 amide bonds. The average Bonchev–Trinajstić information content (AvgIpc) is 2.40. The fourth-order valence-electron chi connectivity index (χ4n) is 2.50. The molecule has 0 radical (unpaired) electrons. The van der Waals surface area contributed by atoms with E-state index in [-0.39, 0.29) is 5.82 Å². The molecule has 2 atom stereocenters. The molecule has 1 fully saturated rings. The van der Waals surface area contributed by atoms with E-state index in [0.29, 0.717) is 12.1 Å². The van der Waals surface area contributed by atoms with E-state index in [1.165, 1.54) is 12.0 Å². The minimum Gasteiger partial charge on any atom is -0.311 e. The second-order valence-electron chi connectivity index (χ2n) is 5.23. The van der Waals surface area contributed by atoms with E-state index in [1.807, 2.05) is 12.1 Å². The van der Waals surface area contributed by atoms with Crippen molar-refractivity contribution in [2.45, 2.75) is 38.8 Å². The van der Waals surface area contributed by atoms with Crippen LogP contribution in [0, 0.1) is 5.82 Å². The Morgan fingerprint density at radius 3 is 2.72 bits per heavy atom. The van der Waals surface area contributed by atoms with Crippen LogP contribution >= 0.6 is 0 Å². The molecule has 18 heavy (non-hydrogen) atoms. The van der Waals surface area contributed by atoms with Gasteiger partial charge in [0, 0.05) is 31.7 Å². The monoisotopic (exact) mass is 250 g/mol. The number of halogens is 1. The third-order valence-corrected chi connectivity index (χ3v) is 3.87. The Balaban J connectivity index is 1.86. The zero-order valence-electron chi connectivity index (χ0n) is 11.3. The Hall–Kier alpha value is -0.930. The van der Waals surface area contributed by atoms with E-state index in [0.717, 1.165) is 26.1 Å². The molecule has 2 unspecified atom stereocenters. The maximum Gasteiger partial charge on any atom is 0.123 e. The molecule has 0 aliphatic carbocycles. The van der Waals surface area contributed by atoms with Crippen LogP contribution in [0.15, 0.2) is 24.3 Å². The lowest BCUT2D eigenvalue weighted by atomic mass is 10.1. The number of nitrogens with one attached hydrogen (secondary N) is 1. The molecule has 0 saturated carbocycles. The van der Waals surface area contributed by atoms with Gasteiger partial charge in [0.05, 0.1) is 0 Å². The molecule has 0 bridgehead atoms. The highest BCUT2D eigenvalue weighted by Gasteiger charge is 2.23. The van der Waals surface area contributed by atoms with Crippen molar-refractivity contribution >= 4 is 0 Å². The minimum atomic E-state index is -0.152. The summed E-state index contributed by atoms with van der Waals surface area (Å²) in [5, 5.41) is 3.56. The Kier molecular flexibility index (Phi) is 4.72. The van der Waals surface area contributed by atoms with E-state index < -0.39 is 0 Å². The Labute approximate surface area is 109 Å². The predicted molar refractivity (Wildman–Crippen MR) is 73.2 cm³/mol. The van der Waals surface area contributed by atoms with Crippen LogP contribution in [0.5, 0.6) is 0 Å². The van der Waals surface area contributed by atoms with E-state index >= 15 is 0 Å². The van der Waals surface area contributed by atoms with Crippen LogP contribution in [-0.2, 0) is 6.42 Å². The SMILES string of the molecule is CCC1CN(CCc2ccc(F)cc2)C(C)CN1. The molecule has 3 heteroatoms. The second-order valence-corrected chi connectivity index (χ2v) is 5.23. The van der Waals surface area contributed by atoms with Gasteiger partial charge < -0.3 is 5.32 Å². The van der Waals surface area contributed by atoms with Gasteiger partial charge in [-0.25, -0.2) is 4.39 Å². The number of benzene rings is 1. The number of hydrogen-bond donors (Lipinski definition) is 1. The highest BCUT2D eigenvalue weighted by atomic mass is 19.1. The van der Waals surface area contributed by atoms with Gasteiger partial charge in [-0.05, 0) is 37.5 Å². The van der Waals surface area contributed by atoms with Crippen LogP contribution in [-0.4, -0.2) is 36.6 Å². The van der Waals surface area contributed by atoms with Crippen LogP contribution in [0.1, 0.15) is 25.8 Å². The first-order chi connectivity index (χ1) is 8.69. The van der Waals surface area contributed by atoms with Crippen molar-refractivity contribution in [2.24, 2.45) is 0 Å². The summed E-state index contributed by atoms with van der Waals surface area (Å²) in [5.74, 6) is -0.152. The van der Waals surface area contributed by atoms with Gasteiger partial charge in [0.1, 0.15) is 5.82 Å². The lowest BCUT2D eigenvalue weighted by molar-refractivity contribution is 0.141. The minimum absolute atomic E-state index is 0.152. The van der Waals surface area contributed by atoms with Crippen molar-refractivity contribution in [3.8, 4) is 0 Å². The van der Waals surface area contributed by atoms with Crippen molar-refractivity contribution in [1.29, 1.82) is 0 Å². The van der Waals surface area contributed by atoms with Crippen molar-refractivity contribution < 1.29 is 4.39 Å². The molecular weight excluding hydrogens is 227 g/mol. The molecule has 2 rings (SSSR count). The summed E-state index contributed by atoms with van der Waals surface area (Å²) >= 11 is 0. The largest absolute Gasteiger partial charge is 0.311 e. The van der Waals surface area contributed by atoms with Gasteiger partial charge in [0.2, 0.25) is 0 Å². The summed E-state index contributed by atoms with van der Waals surface area (Å²) in [6.07, 6.45) is 2.18. The van der Waals surface area contributed by atoms with E-state index in [2.05, 4.69) is 24.1 Å². The maximum atomic E-state index is 12.8. The third kappa shape index (κ3) is 3.53. The summed E-state index contributed by atoms with van der Waals surface area (Å²) in [5.41, 5.74) is 1.22. The second kappa shape index (κ2) is 6.30. The molecule has 1 aliphatic heterocycles. The Morgan fingerprint density at radius 1 is 1.33 bits per heavy atom. The van der Waals surface area contributed by atoms with Crippen LogP contribution in [0.25, 0.3) is 0 Å². The molecule has 1 N–H and O–H groups in total. The Morgan fingerprint density at radius 2 is 2.06 bits per heavy atom. The number of hydrogen-bond acceptors (Lipinski definition) is 2. The molecule has 1 saturated heterocycles. The molecule has 0 aromatic heterocycles. The van der Waals surface area contributed by atoms with Crippen LogP contribution in [0.3, 0.4) is 0 Å². The number of nitrogens with zero attached hydrogens (tertiary/aromatic N) is 1. The fourth-order valence-corrected chi connectivity index (χ4v) is 2.50. The molecule has 2 nitrogen and oxygen atoms in total. The van der Waals surface area contributed by atoms with Gasteiger partial charge in [-0.3, -0.25) is 4.90 Å². The molecule has 1 aromatic rings. The van der Waals surface area contributed by atoms with Gasteiger partial charge in [0.25, 0.3) is 0 Å². The zero-order chi connectivity index (χ0) is 13.0. The molecule has 100 valence electrons. The highest BCUT2D eigenvalue weighted by molar-refractivity contribution is 5.16. The quantitative estimate of drug-likeness (QED) is 0.883. The van der Waals surface area contributed by atoms with E-state index in [4.69, 9.17) is 0 Å². The van der Waals surface area contributed by atoms with E-state index in [9.17, 15) is 4.39 Å². The normalized spacial score (nSPS) is 25.3. The van der Waals surface area contributed by atoms with Gasteiger partial charge in [0.15, 0.2) is 0 Å². The van der Waals surface area contributed by atoms with Gasteiger partial charge >= 0.3 is 0 Å². The topological polar surface area (TPSA) is 15.3 Å². The van der Waals surface area contributed by atoms with Crippen molar-refractivity contribution in [1.82, 2.24) is 10.2 Å². The Bertz CT molecular complexity index is 363. The molecule has 0 spiro atoms. The summed E-state index contributed by atoms with van der Waals surface area (Å²) in [6.45, 7) is 7.75. The van der Waals surface area contributed by atoms with Crippen LogP contribution in [0.4, 0.5) is 4.39 Å². The van der Waals surface area contributed by atoms with Crippen LogP contribution in [0.2, 0.25) is 0 Å². The fraction of sp³-hybridized carbons (Fsp3) is 0.600. The summed E-state index contributed by atoms with van der Waals surface area (Å²) < 4.78 is 12.8. The van der Waals surface area contributed by atoms with Crippen molar-refractivity contribution in [3.05, 3.63) is 35.6 Å². The first-order valence-corrected chi connectivity index (χ1v) is 6.91. The van der Waals surface area contributed by atoms with Gasteiger partial charge in [-0.15, -0.1) is 0 Å². The summed E-state index contributed by atoms with van der Waals surface area (Å²) in [4.78, 5) is 2.54. The highest BCUT2D eigenvalue weighted by Crippen LogP contribution is 2.11. The molecule has 1 aromatic carbocycles. The van der Waals surface area contributed by atoms with Crippen molar-refractivity contribution in [3.63, 3.8) is 0 Å². The number of piperazine rings is 1. The first-order valence-electron chi connectivity index (χ1n) is 6.91. The summed E-state index contributed by atoms with van der Waals surface area (Å²) in [6, 6.07) is 8.08. The summed E-state index contributed by atoms with van der Waals surface area (Å²) in [7, 11) is 0. The molecular formula is C15H23FN2. The number of rotatable bonds is 4. The molecule has 1 heterocycles. The third-order valence-electron chi connectivity index (χ3n) is 3.87. The lowest BCUT2D eigenvalue weighted by Gasteiger charge is -2.38. The zero-order valence-corrected chi connectivity index (χ0v) is 11.3. The maximum absolute atomic E-state index is 12.8. The molecule has 1 aliphatic rings. The predicted octanol–water partition coefficient (Wildman–Crippen LogP) is 2.44. The average molecular weight is 250 g/mol.